The van der Waals surface area contributed by atoms with Crippen LogP contribution in [0.3, 0.4) is 0 Å². The van der Waals surface area contributed by atoms with Crippen LogP contribution < -0.4 is 0 Å². The van der Waals surface area contributed by atoms with Crippen molar-refractivity contribution in [3.05, 3.63) is 37.8 Å². The molecule has 0 aliphatic rings. The van der Waals surface area contributed by atoms with Crippen molar-refractivity contribution >= 4 is 27.6 Å². The van der Waals surface area contributed by atoms with Crippen molar-refractivity contribution in [2.24, 2.45) is 0 Å². The molecule has 0 N–H and O–H groups in total. The van der Waals surface area contributed by atoms with Crippen molar-refractivity contribution in [1.29, 1.82) is 0 Å². The smallest absolute Gasteiger partial charge is 0.310 e. The van der Waals surface area contributed by atoms with Crippen molar-refractivity contribution < 1.29 is 14.5 Å². The number of nitrogens with zero attached hydrogens (tertiary/aromatic N) is 1. The van der Waals surface area contributed by atoms with E-state index in [4.69, 9.17) is 4.74 Å². The third-order valence-corrected chi connectivity index (χ3v) is 3.11. The number of nitro benzene ring substituents is 1. The number of ether oxygens (including phenoxy) is 1. The van der Waals surface area contributed by atoms with E-state index in [0.717, 1.165) is 5.56 Å². The second-order valence-electron chi connectivity index (χ2n) is 3.45. The van der Waals surface area contributed by atoms with E-state index in [1.165, 1.54) is 12.1 Å². The molecule has 0 bridgehead atoms. The number of benzene rings is 1. The standard InChI is InChI=1S/C11H12BrNO4/c1-3-17-11(14)5-8-4-9(13(15)16)6-10(12)7(8)2/h4,6H,3,5H2,1-2H3. The lowest BCUT2D eigenvalue weighted by Crippen LogP contribution is -2.09. The Morgan fingerprint density at radius 3 is 2.71 bits per heavy atom. The molecule has 0 aromatic heterocycles. The van der Waals surface area contributed by atoms with E-state index in [2.05, 4.69) is 15.9 Å². The number of non-ortho nitro benzene ring substituents is 1. The van der Waals surface area contributed by atoms with Gasteiger partial charge in [0, 0.05) is 16.6 Å². The van der Waals surface area contributed by atoms with Gasteiger partial charge in [0.15, 0.2) is 0 Å². The molecule has 1 rings (SSSR count). The first-order valence-electron chi connectivity index (χ1n) is 5.04. The van der Waals surface area contributed by atoms with Gasteiger partial charge in [-0.2, -0.15) is 0 Å². The van der Waals surface area contributed by atoms with Gasteiger partial charge in [-0.25, -0.2) is 0 Å². The Labute approximate surface area is 107 Å². The van der Waals surface area contributed by atoms with E-state index in [0.29, 0.717) is 16.6 Å². The van der Waals surface area contributed by atoms with Crippen LogP contribution >= 0.6 is 15.9 Å². The van der Waals surface area contributed by atoms with Crippen LogP contribution in [0.15, 0.2) is 16.6 Å². The minimum absolute atomic E-state index is 0.0400. The van der Waals surface area contributed by atoms with Crippen molar-refractivity contribution in [2.75, 3.05) is 6.61 Å². The first-order chi connectivity index (χ1) is 7.95. The Morgan fingerprint density at radius 1 is 1.53 bits per heavy atom. The zero-order valence-corrected chi connectivity index (χ0v) is 11.1. The molecule has 0 atom stereocenters. The highest BCUT2D eigenvalue weighted by Crippen LogP contribution is 2.26. The lowest BCUT2D eigenvalue weighted by atomic mass is 10.1. The maximum atomic E-state index is 11.3. The third-order valence-electron chi connectivity index (χ3n) is 2.29. The van der Waals surface area contributed by atoms with Crippen LogP contribution in [-0.4, -0.2) is 17.5 Å². The van der Waals surface area contributed by atoms with Crippen LogP contribution in [0, 0.1) is 17.0 Å². The Kier molecular flexibility index (Phi) is 4.62. The molecule has 0 radical (unpaired) electrons. The maximum Gasteiger partial charge on any atom is 0.310 e. The number of hydrogen-bond donors (Lipinski definition) is 0. The molecule has 0 fully saturated rings. The van der Waals surface area contributed by atoms with Gasteiger partial charge in [0.1, 0.15) is 0 Å². The summed E-state index contributed by atoms with van der Waals surface area (Å²) in [6, 6.07) is 2.82. The van der Waals surface area contributed by atoms with E-state index in [-0.39, 0.29) is 18.1 Å². The average molecular weight is 302 g/mol. The van der Waals surface area contributed by atoms with E-state index in [1.807, 2.05) is 0 Å². The van der Waals surface area contributed by atoms with Gasteiger partial charge in [0.05, 0.1) is 18.0 Å². The monoisotopic (exact) mass is 301 g/mol. The predicted octanol–water partition coefficient (Wildman–Crippen LogP) is 2.77. The summed E-state index contributed by atoms with van der Waals surface area (Å²) < 4.78 is 5.43. The highest BCUT2D eigenvalue weighted by molar-refractivity contribution is 9.10. The minimum Gasteiger partial charge on any atom is -0.466 e. The summed E-state index contributed by atoms with van der Waals surface area (Å²) in [5.41, 5.74) is 1.37. The summed E-state index contributed by atoms with van der Waals surface area (Å²) in [5.74, 6) is -0.386. The van der Waals surface area contributed by atoms with Gasteiger partial charge in [0.25, 0.3) is 5.69 Å². The second kappa shape index (κ2) is 5.77. The summed E-state index contributed by atoms with van der Waals surface area (Å²) in [5, 5.41) is 10.7. The van der Waals surface area contributed by atoms with Crippen LogP contribution in [0.25, 0.3) is 0 Å². The summed E-state index contributed by atoms with van der Waals surface area (Å²) in [6.07, 6.45) is 0.0416. The Balaban J connectivity index is 3.05. The molecule has 92 valence electrons. The number of halogens is 1. The summed E-state index contributed by atoms with van der Waals surface area (Å²) in [6.45, 7) is 3.81. The minimum atomic E-state index is -0.487. The van der Waals surface area contributed by atoms with Crippen LogP contribution in [0.2, 0.25) is 0 Å². The molecular formula is C11H12BrNO4. The number of carbonyl (C=O) groups excluding carboxylic acids is 1. The fourth-order valence-electron chi connectivity index (χ4n) is 1.38. The topological polar surface area (TPSA) is 69.4 Å². The molecule has 1 aromatic carbocycles. The van der Waals surface area contributed by atoms with Crippen LogP contribution in [0.4, 0.5) is 5.69 Å². The Morgan fingerprint density at radius 2 is 2.18 bits per heavy atom. The van der Waals surface area contributed by atoms with E-state index >= 15 is 0 Å². The summed E-state index contributed by atoms with van der Waals surface area (Å²) in [4.78, 5) is 21.6. The molecule has 5 nitrogen and oxygen atoms in total. The van der Waals surface area contributed by atoms with Gasteiger partial charge >= 0.3 is 5.97 Å². The van der Waals surface area contributed by atoms with Crippen LogP contribution in [0.5, 0.6) is 0 Å². The predicted molar refractivity (Wildman–Crippen MR) is 65.9 cm³/mol. The summed E-state index contributed by atoms with van der Waals surface area (Å²) in [7, 11) is 0. The molecule has 17 heavy (non-hydrogen) atoms. The third kappa shape index (κ3) is 3.52. The van der Waals surface area contributed by atoms with Crippen LogP contribution in [-0.2, 0) is 16.0 Å². The first kappa shape index (κ1) is 13.6. The lowest BCUT2D eigenvalue weighted by molar-refractivity contribution is -0.385. The fraction of sp³-hybridized carbons (Fsp3) is 0.364. The number of esters is 1. The molecule has 0 unspecified atom stereocenters. The molecule has 0 amide bonds. The van der Waals surface area contributed by atoms with Gasteiger partial charge < -0.3 is 4.74 Å². The van der Waals surface area contributed by atoms with Gasteiger partial charge in [-0.3, -0.25) is 14.9 Å². The zero-order valence-electron chi connectivity index (χ0n) is 9.53. The highest BCUT2D eigenvalue weighted by Gasteiger charge is 2.15. The lowest BCUT2D eigenvalue weighted by Gasteiger charge is -2.07. The maximum absolute atomic E-state index is 11.3. The van der Waals surface area contributed by atoms with Gasteiger partial charge in [-0.1, -0.05) is 15.9 Å². The average Bonchev–Trinajstić information content (AvgIpc) is 2.24. The largest absolute Gasteiger partial charge is 0.466 e. The molecule has 0 saturated heterocycles. The van der Waals surface area contributed by atoms with E-state index in [9.17, 15) is 14.9 Å². The molecule has 6 heteroatoms. The molecular weight excluding hydrogens is 290 g/mol. The summed E-state index contributed by atoms with van der Waals surface area (Å²) >= 11 is 3.24. The SMILES string of the molecule is CCOC(=O)Cc1cc([N+](=O)[O-])cc(Br)c1C. The van der Waals surface area contributed by atoms with Crippen LogP contribution in [0.1, 0.15) is 18.1 Å². The number of carbonyl (C=O) groups is 1. The van der Waals surface area contributed by atoms with E-state index in [1.54, 1.807) is 13.8 Å². The van der Waals surface area contributed by atoms with Gasteiger partial charge in [-0.15, -0.1) is 0 Å². The number of nitro groups is 1. The van der Waals surface area contributed by atoms with Gasteiger partial charge in [-0.05, 0) is 25.0 Å². The van der Waals surface area contributed by atoms with Crippen molar-refractivity contribution in [1.82, 2.24) is 0 Å². The Hall–Kier alpha value is -1.43. The fourth-order valence-corrected chi connectivity index (χ4v) is 1.87. The molecule has 0 aliphatic heterocycles. The van der Waals surface area contributed by atoms with Crippen molar-refractivity contribution in [3.8, 4) is 0 Å². The van der Waals surface area contributed by atoms with Crippen molar-refractivity contribution in [2.45, 2.75) is 20.3 Å². The molecule has 1 aromatic rings. The molecule has 0 heterocycles. The molecule has 0 aliphatic carbocycles. The highest BCUT2D eigenvalue weighted by atomic mass is 79.9. The number of rotatable bonds is 4. The quantitative estimate of drug-likeness (QED) is 0.487. The normalized spacial score (nSPS) is 10.1. The first-order valence-corrected chi connectivity index (χ1v) is 5.84. The molecule has 0 spiro atoms. The molecule has 0 saturated carbocycles. The number of hydrogen-bond acceptors (Lipinski definition) is 4. The van der Waals surface area contributed by atoms with Crippen molar-refractivity contribution in [3.63, 3.8) is 0 Å². The Bertz CT molecular complexity index is 459. The zero-order chi connectivity index (χ0) is 13.0. The van der Waals surface area contributed by atoms with Gasteiger partial charge in [0.2, 0.25) is 0 Å². The van der Waals surface area contributed by atoms with E-state index < -0.39 is 4.92 Å². The second-order valence-corrected chi connectivity index (χ2v) is 4.30.